The zero-order chi connectivity index (χ0) is 23.2. The van der Waals surface area contributed by atoms with Crippen molar-refractivity contribution in [2.45, 2.75) is 45.6 Å². The van der Waals surface area contributed by atoms with Gasteiger partial charge >= 0.3 is 0 Å². The highest BCUT2D eigenvalue weighted by Gasteiger charge is 2.28. The van der Waals surface area contributed by atoms with Crippen molar-refractivity contribution < 1.29 is 9.59 Å². The summed E-state index contributed by atoms with van der Waals surface area (Å²) in [5.74, 6) is 0.231. The first-order valence-corrected chi connectivity index (χ1v) is 11.9. The largest absolute Gasteiger partial charge is 0.349 e. The molecule has 1 aromatic heterocycles. The number of likely N-dealkylation sites (tertiary alicyclic amines) is 1. The standard InChI is InChI=1S/C27H32N4O2/c1-3-20(4-2)27(33)30-17-15-22(16-18-30)28-26(32)24-19-31(23-13-9-6-10-14-23)29-25(24)21-11-7-5-8-12-21/h5-14,19-20,22H,3-4,15-18H2,1-2H3,(H,28,32). The quantitative estimate of drug-likeness (QED) is 0.575. The van der Waals surface area contributed by atoms with Crippen molar-refractivity contribution in [2.75, 3.05) is 13.1 Å². The second-order valence-electron chi connectivity index (χ2n) is 8.62. The molecule has 2 heterocycles. The Labute approximate surface area is 195 Å². The molecule has 1 saturated heterocycles. The summed E-state index contributed by atoms with van der Waals surface area (Å²) in [4.78, 5) is 28.0. The van der Waals surface area contributed by atoms with Crippen molar-refractivity contribution in [1.29, 1.82) is 0 Å². The highest BCUT2D eigenvalue weighted by molar-refractivity contribution is 6.00. The first-order valence-electron chi connectivity index (χ1n) is 11.9. The fourth-order valence-corrected chi connectivity index (χ4v) is 4.47. The third-order valence-corrected chi connectivity index (χ3v) is 6.50. The Balaban J connectivity index is 1.49. The van der Waals surface area contributed by atoms with E-state index in [1.54, 1.807) is 10.9 Å². The Morgan fingerprint density at radius 1 is 0.970 bits per heavy atom. The maximum Gasteiger partial charge on any atom is 0.255 e. The number of hydrogen-bond acceptors (Lipinski definition) is 3. The smallest absolute Gasteiger partial charge is 0.255 e. The predicted octanol–water partition coefficient (Wildman–Crippen LogP) is 4.70. The van der Waals surface area contributed by atoms with Gasteiger partial charge in [-0.15, -0.1) is 0 Å². The van der Waals surface area contributed by atoms with Crippen molar-refractivity contribution in [3.05, 3.63) is 72.4 Å². The van der Waals surface area contributed by atoms with Gasteiger partial charge in [-0.25, -0.2) is 4.68 Å². The lowest BCUT2D eigenvalue weighted by Gasteiger charge is -2.34. The molecule has 1 aliphatic heterocycles. The van der Waals surface area contributed by atoms with E-state index in [2.05, 4.69) is 19.2 Å². The molecule has 172 valence electrons. The van der Waals surface area contributed by atoms with E-state index in [-0.39, 0.29) is 23.8 Å². The molecular formula is C27H32N4O2. The molecule has 1 N–H and O–H groups in total. The van der Waals surface area contributed by atoms with Crippen LogP contribution in [0.5, 0.6) is 0 Å². The minimum atomic E-state index is -0.124. The molecule has 0 saturated carbocycles. The Morgan fingerprint density at radius 3 is 2.18 bits per heavy atom. The van der Waals surface area contributed by atoms with Gasteiger partial charge in [0.1, 0.15) is 5.69 Å². The topological polar surface area (TPSA) is 67.2 Å². The molecule has 0 atom stereocenters. The SMILES string of the molecule is CCC(CC)C(=O)N1CCC(NC(=O)c2cn(-c3ccccc3)nc2-c2ccccc2)CC1. The van der Waals surface area contributed by atoms with Gasteiger partial charge in [-0.1, -0.05) is 62.4 Å². The third kappa shape index (κ3) is 5.16. The molecule has 0 spiro atoms. The van der Waals surface area contributed by atoms with Crippen molar-refractivity contribution in [3.63, 3.8) is 0 Å². The van der Waals surface area contributed by atoms with E-state index in [0.717, 1.165) is 36.9 Å². The van der Waals surface area contributed by atoms with Crippen LogP contribution in [0, 0.1) is 5.92 Å². The molecule has 0 radical (unpaired) electrons. The van der Waals surface area contributed by atoms with Gasteiger partial charge in [0.25, 0.3) is 5.91 Å². The predicted molar refractivity (Wildman–Crippen MR) is 130 cm³/mol. The number of para-hydroxylation sites is 1. The maximum atomic E-state index is 13.3. The van der Waals surface area contributed by atoms with Crippen molar-refractivity contribution in [2.24, 2.45) is 5.92 Å². The van der Waals surface area contributed by atoms with E-state index in [1.807, 2.05) is 65.6 Å². The average Bonchev–Trinajstić information content (AvgIpc) is 3.32. The molecule has 3 aromatic rings. The van der Waals surface area contributed by atoms with Crippen LogP contribution in [-0.2, 0) is 4.79 Å². The molecule has 0 aliphatic carbocycles. The number of rotatable bonds is 7. The number of hydrogen-bond donors (Lipinski definition) is 1. The van der Waals surface area contributed by atoms with E-state index in [4.69, 9.17) is 5.10 Å². The minimum absolute atomic E-state index is 0.0481. The molecule has 33 heavy (non-hydrogen) atoms. The summed E-state index contributed by atoms with van der Waals surface area (Å²) in [6.07, 6.45) is 5.09. The summed E-state index contributed by atoms with van der Waals surface area (Å²) in [6, 6.07) is 19.6. The zero-order valence-electron chi connectivity index (χ0n) is 19.4. The third-order valence-electron chi connectivity index (χ3n) is 6.50. The molecule has 1 fully saturated rings. The van der Waals surface area contributed by atoms with Gasteiger partial charge in [-0.05, 0) is 37.8 Å². The lowest BCUT2D eigenvalue weighted by atomic mass is 9.98. The number of nitrogens with one attached hydrogen (secondary N) is 1. The first-order chi connectivity index (χ1) is 16.1. The number of carbonyl (C=O) groups excluding carboxylic acids is 2. The summed E-state index contributed by atoms with van der Waals surface area (Å²) >= 11 is 0. The summed E-state index contributed by atoms with van der Waals surface area (Å²) in [5, 5.41) is 7.94. The van der Waals surface area contributed by atoms with Gasteiger partial charge in [-0.3, -0.25) is 9.59 Å². The lowest BCUT2D eigenvalue weighted by Crippen LogP contribution is -2.48. The average molecular weight is 445 g/mol. The highest BCUT2D eigenvalue weighted by atomic mass is 16.2. The summed E-state index contributed by atoms with van der Waals surface area (Å²) < 4.78 is 1.76. The molecule has 4 rings (SSSR count). The number of amides is 2. The van der Waals surface area contributed by atoms with Gasteiger partial charge in [0.15, 0.2) is 0 Å². The molecule has 1 aliphatic rings. The number of piperidine rings is 1. The van der Waals surface area contributed by atoms with Crippen molar-refractivity contribution in [3.8, 4) is 16.9 Å². The van der Waals surface area contributed by atoms with E-state index in [9.17, 15) is 9.59 Å². The number of aromatic nitrogens is 2. The first kappa shape index (κ1) is 22.8. The summed E-state index contributed by atoms with van der Waals surface area (Å²) in [6.45, 7) is 5.52. The Morgan fingerprint density at radius 2 is 1.58 bits per heavy atom. The van der Waals surface area contributed by atoms with Gasteiger partial charge in [0.2, 0.25) is 5.91 Å². The van der Waals surface area contributed by atoms with Crippen LogP contribution in [0.2, 0.25) is 0 Å². The second-order valence-corrected chi connectivity index (χ2v) is 8.62. The van der Waals surface area contributed by atoms with Crippen molar-refractivity contribution >= 4 is 11.8 Å². The molecular weight excluding hydrogens is 412 g/mol. The van der Waals surface area contributed by atoms with E-state index >= 15 is 0 Å². The van der Waals surface area contributed by atoms with Crippen LogP contribution >= 0.6 is 0 Å². The van der Waals surface area contributed by atoms with Crippen molar-refractivity contribution in [1.82, 2.24) is 20.0 Å². The van der Waals surface area contributed by atoms with Crippen LogP contribution in [0.15, 0.2) is 66.9 Å². The number of nitrogens with zero attached hydrogens (tertiary/aromatic N) is 3. The fraction of sp³-hybridized carbons (Fsp3) is 0.370. The van der Waals surface area contributed by atoms with Crippen LogP contribution in [0.1, 0.15) is 49.9 Å². The molecule has 2 amide bonds. The molecule has 0 unspecified atom stereocenters. The fourth-order valence-electron chi connectivity index (χ4n) is 4.47. The highest BCUT2D eigenvalue weighted by Crippen LogP contribution is 2.24. The van der Waals surface area contributed by atoms with Crippen LogP contribution in [0.3, 0.4) is 0 Å². The molecule has 6 nitrogen and oxygen atoms in total. The number of carbonyl (C=O) groups is 2. The Kier molecular flexibility index (Phi) is 7.23. The van der Waals surface area contributed by atoms with E-state index in [1.165, 1.54) is 0 Å². The van der Waals surface area contributed by atoms with E-state index < -0.39 is 0 Å². The summed E-state index contributed by atoms with van der Waals surface area (Å²) in [7, 11) is 0. The lowest BCUT2D eigenvalue weighted by molar-refractivity contribution is -0.136. The minimum Gasteiger partial charge on any atom is -0.349 e. The second kappa shape index (κ2) is 10.5. The molecule has 0 bridgehead atoms. The normalized spacial score (nSPS) is 14.5. The molecule has 2 aromatic carbocycles. The van der Waals surface area contributed by atoms with E-state index in [0.29, 0.717) is 24.3 Å². The van der Waals surface area contributed by atoms with Crippen LogP contribution in [-0.4, -0.2) is 45.6 Å². The zero-order valence-corrected chi connectivity index (χ0v) is 19.4. The monoisotopic (exact) mass is 444 g/mol. The van der Waals surface area contributed by atoms with Gasteiger partial charge < -0.3 is 10.2 Å². The molecule has 6 heteroatoms. The van der Waals surface area contributed by atoms with Gasteiger partial charge in [0.05, 0.1) is 11.3 Å². The maximum absolute atomic E-state index is 13.3. The van der Waals surface area contributed by atoms with Gasteiger partial charge in [0, 0.05) is 36.8 Å². The van der Waals surface area contributed by atoms with Crippen LogP contribution in [0.4, 0.5) is 0 Å². The number of benzene rings is 2. The van der Waals surface area contributed by atoms with Crippen LogP contribution < -0.4 is 5.32 Å². The van der Waals surface area contributed by atoms with Crippen LogP contribution in [0.25, 0.3) is 16.9 Å². The van der Waals surface area contributed by atoms with Gasteiger partial charge in [-0.2, -0.15) is 5.10 Å². The Bertz CT molecular complexity index is 1070. The summed E-state index contributed by atoms with van der Waals surface area (Å²) in [5.41, 5.74) is 3.03. The Hall–Kier alpha value is -3.41.